The third-order valence-electron chi connectivity index (χ3n) is 5.42. The van der Waals surface area contributed by atoms with E-state index >= 15 is 0 Å². The monoisotopic (exact) mass is 416 g/mol. The molecular formula is C20H24N4O4S. The van der Waals surface area contributed by atoms with Crippen LogP contribution in [0.2, 0.25) is 0 Å². The standard InChI is InChI=1S/C20H24N4O4S/c1-2-20(25)24-12-5-15-13-17(3-4-18(15)24)29(26,27)23-10-6-16(7-11-23)28-19-14-21-8-9-22-19/h3-4,8-9,13-14,16H,2,5-7,10-12H2,1H3. The Morgan fingerprint density at radius 3 is 2.69 bits per heavy atom. The lowest BCUT2D eigenvalue weighted by Gasteiger charge is -2.31. The number of sulfonamides is 1. The summed E-state index contributed by atoms with van der Waals surface area (Å²) in [6.07, 6.45) is 6.93. The Hall–Kier alpha value is -2.52. The van der Waals surface area contributed by atoms with Crippen molar-refractivity contribution in [3.05, 3.63) is 42.4 Å². The molecule has 1 amide bonds. The second-order valence-electron chi connectivity index (χ2n) is 7.20. The lowest BCUT2D eigenvalue weighted by molar-refractivity contribution is -0.118. The molecule has 154 valence electrons. The number of piperidine rings is 1. The Morgan fingerprint density at radius 2 is 2.00 bits per heavy atom. The molecular weight excluding hydrogens is 392 g/mol. The van der Waals surface area contributed by atoms with E-state index in [1.165, 1.54) is 4.31 Å². The van der Waals surface area contributed by atoms with E-state index in [9.17, 15) is 13.2 Å². The SMILES string of the molecule is CCC(=O)N1CCc2cc(S(=O)(=O)N3CCC(Oc4cnccn4)CC3)ccc21. The first-order valence-corrected chi connectivity index (χ1v) is 11.3. The predicted molar refractivity (Wildman–Crippen MR) is 107 cm³/mol. The molecule has 9 heteroatoms. The number of hydrogen-bond donors (Lipinski definition) is 0. The highest BCUT2D eigenvalue weighted by Gasteiger charge is 2.32. The smallest absolute Gasteiger partial charge is 0.243 e. The summed E-state index contributed by atoms with van der Waals surface area (Å²) in [5, 5.41) is 0. The third-order valence-corrected chi connectivity index (χ3v) is 7.31. The summed E-state index contributed by atoms with van der Waals surface area (Å²) < 4.78 is 33.5. The molecule has 0 unspecified atom stereocenters. The Labute approximate surface area is 170 Å². The van der Waals surface area contributed by atoms with Crippen LogP contribution in [-0.4, -0.2) is 54.3 Å². The third kappa shape index (κ3) is 3.97. The maximum absolute atomic E-state index is 13.1. The van der Waals surface area contributed by atoms with Crippen LogP contribution in [0.5, 0.6) is 5.88 Å². The van der Waals surface area contributed by atoms with E-state index in [4.69, 9.17) is 4.74 Å². The van der Waals surface area contributed by atoms with E-state index in [1.807, 2.05) is 6.92 Å². The second-order valence-corrected chi connectivity index (χ2v) is 9.14. The molecule has 0 spiro atoms. The summed E-state index contributed by atoms with van der Waals surface area (Å²) in [6.45, 7) is 3.23. The average molecular weight is 417 g/mol. The summed E-state index contributed by atoms with van der Waals surface area (Å²) in [5.41, 5.74) is 1.74. The number of fused-ring (bicyclic) bond motifs is 1. The quantitative estimate of drug-likeness (QED) is 0.740. The van der Waals surface area contributed by atoms with Crippen molar-refractivity contribution in [1.29, 1.82) is 0 Å². The van der Waals surface area contributed by atoms with Crippen molar-refractivity contribution in [2.75, 3.05) is 24.5 Å². The van der Waals surface area contributed by atoms with Gasteiger partial charge >= 0.3 is 0 Å². The molecule has 2 aliphatic heterocycles. The summed E-state index contributed by atoms with van der Waals surface area (Å²) in [4.78, 5) is 22.1. The largest absolute Gasteiger partial charge is 0.473 e. The van der Waals surface area contributed by atoms with Gasteiger partial charge in [-0.2, -0.15) is 4.31 Å². The van der Waals surface area contributed by atoms with Gasteiger partial charge in [0.2, 0.25) is 21.8 Å². The lowest BCUT2D eigenvalue weighted by atomic mass is 10.1. The molecule has 1 fully saturated rings. The molecule has 0 bridgehead atoms. The van der Waals surface area contributed by atoms with Gasteiger partial charge in [0.1, 0.15) is 6.10 Å². The Bertz CT molecular complexity index is 989. The zero-order chi connectivity index (χ0) is 20.4. The number of amides is 1. The van der Waals surface area contributed by atoms with Gasteiger partial charge in [0, 0.05) is 44.1 Å². The summed E-state index contributed by atoms with van der Waals surface area (Å²) in [6, 6.07) is 5.08. The molecule has 1 aromatic carbocycles. The molecule has 8 nitrogen and oxygen atoms in total. The fourth-order valence-electron chi connectivity index (χ4n) is 3.84. The van der Waals surface area contributed by atoms with Crippen molar-refractivity contribution in [2.45, 2.75) is 43.6 Å². The summed E-state index contributed by atoms with van der Waals surface area (Å²) in [5.74, 6) is 0.517. The van der Waals surface area contributed by atoms with Crippen molar-refractivity contribution < 1.29 is 17.9 Å². The van der Waals surface area contributed by atoms with E-state index in [0.29, 0.717) is 51.2 Å². The van der Waals surface area contributed by atoms with Crippen LogP contribution in [-0.2, 0) is 21.2 Å². The van der Waals surface area contributed by atoms with E-state index < -0.39 is 10.0 Å². The van der Waals surface area contributed by atoms with Crippen LogP contribution in [0.25, 0.3) is 0 Å². The molecule has 1 aromatic heterocycles. The molecule has 0 saturated carbocycles. The van der Waals surface area contributed by atoms with Gasteiger partial charge in [-0.15, -0.1) is 0 Å². The van der Waals surface area contributed by atoms with Crippen LogP contribution in [0.15, 0.2) is 41.7 Å². The molecule has 4 rings (SSSR count). The molecule has 2 aliphatic rings. The van der Waals surface area contributed by atoms with Crippen LogP contribution in [0, 0.1) is 0 Å². The van der Waals surface area contributed by atoms with Crippen molar-refractivity contribution >= 4 is 21.6 Å². The maximum Gasteiger partial charge on any atom is 0.243 e. The van der Waals surface area contributed by atoms with Gasteiger partial charge in [0.05, 0.1) is 11.1 Å². The lowest BCUT2D eigenvalue weighted by Crippen LogP contribution is -2.41. The first-order valence-electron chi connectivity index (χ1n) is 9.85. The highest BCUT2D eigenvalue weighted by molar-refractivity contribution is 7.89. The van der Waals surface area contributed by atoms with Gasteiger partial charge in [0.15, 0.2) is 0 Å². The molecule has 3 heterocycles. The predicted octanol–water partition coefficient (Wildman–Crippen LogP) is 2.01. The number of ether oxygens (including phenoxy) is 1. The van der Waals surface area contributed by atoms with Crippen molar-refractivity contribution in [2.24, 2.45) is 0 Å². The number of carbonyl (C=O) groups is 1. The van der Waals surface area contributed by atoms with Crippen LogP contribution < -0.4 is 9.64 Å². The maximum atomic E-state index is 13.1. The minimum absolute atomic E-state index is 0.0598. The zero-order valence-corrected chi connectivity index (χ0v) is 17.1. The summed E-state index contributed by atoms with van der Waals surface area (Å²) in [7, 11) is -3.58. The Kier molecular flexibility index (Phi) is 5.51. The minimum atomic E-state index is -3.58. The highest BCUT2D eigenvalue weighted by atomic mass is 32.2. The van der Waals surface area contributed by atoms with Gasteiger partial charge < -0.3 is 9.64 Å². The minimum Gasteiger partial charge on any atom is -0.473 e. The van der Waals surface area contributed by atoms with Gasteiger partial charge in [0.25, 0.3) is 0 Å². The molecule has 1 saturated heterocycles. The number of nitrogens with zero attached hydrogens (tertiary/aromatic N) is 4. The van der Waals surface area contributed by atoms with E-state index in [2.05, 4.69) is 9.97 Å². The fourth-order valence-corrected chi connectivity index (χ4v) is 5.37. The zero-order valence-electron chi connectivity index (χ0n) is 16.3. The van der Waals surface area contributed by atoms with Crippen molar-refractivity contribution in [3.63, 3.8) is 0 Å². The normalized spacial score (nSPS) is 17.9. The van der Waals surface area contributed by atoms with Crippen LogP contribution in [0.3, 0.4) is 0 Å². The van der Waals surface area contributed by atoms with Gasteiger partial charge in [-0.1, -0.05) is 6.92 Å². The van der Waals surface area contributed by atoms with E-state index in [1.54, 1.807) is 41.7 Å². The number of aromatic nitrogens is 2. The van der Waals surface area contributed by atoms with Crippen molar-refractivity contribution in [3.8, 4) is 5.88 Å². The average Bonchev–Trinajstić information content (AvgIpc) is 3.18. The number of rotatable bonds is 5. The fraction of sp³-hybridized carbons (Fsp3) is 0.450. The molecule has 0 N–H and O–H groups in total. The Morgan fingerprint density at radius 1 is 1.21 bits per heavy atom. The van der Waals surface area contributed by atoms with Gasteiger partial charge in [-0.25, -0.2) is 13.4 Å². The molecule has 0 atom stereocenters. The molecule has 0 radical (unpaired) electrons. The van der Waals surface area contributed by atoms with Crippen LogP contribution in [0.1, 0.15) is 31.7 Å². The molecule has 0 aliphatic carbocycles. The molecule has 29 heavy (non-hydrogen) atoms. The highest BCUT2D eigenvalue weighted by Crippen LogP contribution is 2.32. The van der Waals surface area contributed by atoms with Gasteiger partial charge in [-0.05, 0) is 43.0 Å². The second kappa shape index (κ2) is 8.08. The number of carbonyl (C=O) groups excluding carboxylic acids is 1. The molecule has 2 aromatic rings. The first-order chi connectivity index (χ1) is 14.0. The van der Waals surface area contributed by atoms with Crippen LogP contribution >= 0.6 is 0 Å². The summed E-state index contributed by atoms with van der Waals surface area (Å²) >= 11 is 0. The number of hydrogen-bond acceptors (Lipinski definition) is 6. The first kappa shape index (κ1) is 19.8. The number of benzene rings is 1. The van der Waals surface area contributed by atoms with Crippen LogP contribution in [0.4, 0.5) is 5.69 Å². The Balaban J connectivity index is 1.44. The van der Waals surface area contributed by atoms with Crippen molar-refractivity contribution in [1.82, 2.24) is 14.3 Å². The van der Waals surface area contributed by atoms with E-state index in [-0.39, 0.29) is 16.9 Å². The number of anilines is 1. The van der Waals surface area contributed by atoms with E-state index in [0.717, 1.165) is 11.3 Å². The topological polar surface area (TPSA) is 92.7 Å². The van der Waals surface area contributed by atoms with Gasteiger partial charge in [-0.3, -0.25) is 9.78 Å².